The van der Waals surface area contributed by atoms with Gasteiger partial charge in [-0.25, -0.2) is 4.79 Å². The molecule has 0 radical (unpaired) electrons. The van der Waals surface area contributed by atoms with Crippen molar-refractivity contribution >= 4 is 11.8 Å². The Balaban J connectivity index is 2.21. The molecule has 0 unspecified atom stereocenters. The first-order valence-corrected chi connectivity index (χ1v) is 5.13. The SMILES string of the molecule is CCOC(=O)C(=O)c1ccc2c(c1)COC2. The predicted molar refractivity (Wildman–Crippen MR) is 55.9 cm³/mol. The van der Waals surface area contributed by atoms with E-state index in [0.717, 1.165) is 11.1 Å². The third kappa shape index (κ3) is 1.97. The lowest BCUT2D eigenvalue weighted by Crippen LogP contribution is -2.17. The van der Waals surface area contributed by atoms with Crippen LogP contribution in [0.2, 0.25) is 0 Å². The first-order valence-electron chi connectivity index (χ1n) is 5.13. The fraction of sp³-hybridized carbons (Fsp3) is 0.333. The maximum Gasteiger partial charge on any atom is 0.379 e. The van der Waals surface area contributed by atoms with Gasteiger partial charge in [-0.3, -0.25) is 4.79 Å². The Morgan fingerprint density at radius 3 is 2.81 bits per heavy atom. The van der Waals surface area contributed by atoms with Crippen LogP contribution < -0.4 is 0 Å². The molecule has 1 aromatic rings. The van der Waals surface area contributed by atoms with Crippen molar-refractivity contribution in [2.24, 2.45) is 0 Å². The Morgan fingerprint density at radius 1 is 1.31 bits per heavy atom. The Bertz CT molecular complexity index is 437. The zero-order valence-electron chi connectivity index (χ0n) is 8.99. The third-order valence-electron chi connectivity index (χ3n) is 2.44. The maximum atomic E-state index is 11.6. The third-order valence-corrected chi connectivity index (χ3v) is 2.44. The van der Waals surface area contributed by atoms with E-state index in [2.05, 4.69) is 4.74 Å². The fourth-order valence-corrected chi connectivity index (χ4v) is 1.63. The van der Waals surface area contributed by atoms with E-state index >= 15 is 0 Å². The molecule has 16 heavy (non-hydrogen) atoms. The topological polar surface area (TPSA) is 52.6 Å². The largest absolute Gasteiger partial charge is 0.460 e. The molecule has 0 saturated heterocycles. The first kappa shape index (κ1) is 10.8. The van der Waals surface area contributed by atoms with Crippen molar-refractivity contribution in [2.75, 3.05) is 6.61 Å². The van der Waals surface area contributed by atoms with Crippen LogP contribution in [0.1, 0.15) is 28.4 Å². The number of carbonyl (C=O) groups is 2. The average molecular weight is 220 g/mol. The van der Waals surface area contributed by atoms with Gasteiger partial charge in [0.25, 0.3) is 5.78 Å². The van der Waals surface area contributed by atoms with E-state index in [1.807, 2.05) is 6.07 Å². The van der Waals surface area contributed by atoms with Gasteiger partial charge in [-0.05, 0) is 24.1 Å². The Hall–Kier alpha value is -1.68. The van der Waals surface area contributed by atoms with Crippen LogP contribution >= 0.6 is 0 Å². The zero-order chi connectivity index (χ0) is 11.5. The lowest BCUT2D eigenvalue weighted by atomic mass is 10.0. The molecule has 0 spiro atoms. The molecule has 0 bridgehead atoms. The minimum atomic E-state index is -0.804. The molecule has 0 amide bonds. The standard InChI is InChI=1S/C12H12O4/c1-2-16-12(14)11(13)8-3-4-9-6-15-7-10(9)5-8/h3-5H,2,6-7H2,1H3. The lowest BCUT2D eigenvalue weighted by molar-refractivity contribution is -0.137. The summed E-state index contributed by atoms with van der Waals surface area (Å²) in [4.78, 5) is 22.9. The number of carbonyl (C=O) groups excluding carboxylic acids is 2. The summed E-state index contributed by atoms with van der Waals surface area (Å²) < 4.78 is 9.89. The van der Waals surface area contributed by atoms with Crippen LogP contribution in [0.15, 0.2) is 18.2 Å². The first-order chi connectivity index (χ1) is 7.72. The van der Waals surface area contributed by atoms with Gasteiger partial charge in [0, 0.05) is 5.56 Å². The summed E-state index contributed by atoms with van der Waals surface area (Å²) in [6.07, 6.45) is 0. The lowest BCUT2D eigenvalue weighted by Gasteiger charge is -2.02. The zero-order valence-corrected chi connectivity index (χ0v) is 8.99. The fourth-order valence-electron chi connectivity index (χ4n) is 1.63. The summed E-state index contributed by atoms with van der Waals surface area (Å²) in [7, 11) is 0. The van der Waals surface area contributed by atoms with Crippen LogP contribution in [-0.2, 0) is 27.5 Å². The van der Waals surface area contributed by atoms with Crippen LogP contribution in [0.4, 0.5) is 0 Å². The molecule has 1 aliphatic heterocycles. The summed E-state index contributed by atoms with van der Waals surface area (Å²) in [5, 5.41) is 0. The maximum absolute atomic E-state index is 11.6. The highest BCUT2D eigenvalue weighted by molar-refractivity contribution is 6.40. The second-order valence-corrected chi connectivity index (χ2v) is 3.53. The van der Waals surface area contributed by atoms with Gasteiger partial charge in [-0.2, -0.15) is 0 Å². The van der Waals surface area contributed by atoms with Crippen LogP contribution in [0.3, 0.4) is 0 Å². The van der Waals surface area contributed by atoms with Crippen molar-refractivity contribution in [3.63, 3.8) is 0 Å². The number of hydrogen-bond acceptors (Lipinski definition) is 4. The van der Waals surface area contributed by atoms with E-state index in [9.17, 15) is 9.59 Å². The van der Waals surface area contributed by atoms with Gasteiger partial charge < -0.3 is 9.47 Å². The second kappa shape index (κ2) is 4.45. The van der Waals surface area contributed by atoms with E-state index in [0.29, 0.717) is 18.8 Å². The Labute approximate surface area is 93.2 Å². The molecule has 0 fully saturated rings. The quantitative estimate of drug-likeness (QED) is 0.439. The summed E-state index contributed by atoms with van der Waals surface area (Å²) in [6.45, 7) is 2.95. The van der Waals surface area contributed by atoms with Crippen molar-refractivity contribution in [3.05, 3.63) is 34.9 Å². The minimum Gasteiger partial charge on any atom is -0.460 e. The molecule has 0 saturated carbocycles. The van der Waals surface area contributed by atoms with Crippen LogP contribution in [0.5, 0.6) is 0 Å². The normalized spacial score (nSPS) is 13.3. The van der Waals surface area contributed by atoms with Crippen molar-refractivity contribution in [2.45, 2.75) is 20.1 Å². The second-order valence-electron chi connectivity index (χ2n) is 3.53. The van der Waals surface area contributed by atoms with Crippen LogP contribution in [0, 0.1) is 0 Å². The van der Waals surface area contributed by atoms with Crippen molar-refractivity contribution in [1.82, 2.24) is 0 Å². The van der Waals surface area contributed by atoms with Gasteiger partial charge in [0.15, 0.2) is 0 Å². The molecule has 0 aromatic heterocycles. The van der Waals surface area contributed by atoms with E-state index in [1.165, 1.54) is 0 Å². The molecule has 4 nitrogen and oxygen atoms in total. The molecule has 2 rings (SSSR count). The molecule has 1 heterocycles. The molecule has 0 N–H and O–H groups in total. The number of esters is 1. The molecule has 4 heteroatoms. The van der Waals surface area contributed by atoms with Gasteiger partial charge >= 0.3 is 5.97 Å². The summed E-state index contributed by atoms with van der Waals surface area (Å²) in [6, 6.07) is 5.14. The smallest absolute Gasteiger partial charge is 0.379 e. The highest BCUT2D eigenvalue weighted by atomic mass is 16.5. The highest BCUT2D eigenvalue weighted by Crippen LogP contribution is 2.21. The average Bonchev–Trinajstić information content (AvgIpc) is 2.75. The van der Waals surface area contributed by atoms with Gasteiger partial charge in [0.1, 0.15) is 0 Å². The van der Waals surface area contributed by atoms with E-state index in [1.54, 1.807) is 19.1 Å². The summed E-state index contributed by atoms with van der Waals surface area (Å²) in [5.41, 5.74) is 2.40. The number of ether oxygens (including phenoxy) is 2. The number of ketones is 1. The van der Waals surface area contributed by atoms with Gasteiger partial charge in [-0.15, -0.1) is 0 Å². The molecule has 0 atom stereocenters. The summed E-state index contributed by atoms with van der Waals surface area (Å²) in [5.74, 6) is -1.40. The predicted octanol–water partition coefficient (Wildman–Crippen LogP) is 1.46. The van der Waals surface area contributed by atoms with Gasteiger partial charge in [-0.1, -0.05) is 12.1 Å². The number of rotatable bonds is 3. The molecular weight excluding hydrogens is 208 g/mol. The Morgan fingerprint density at radius 2 is 2.06 bits per heavy atom. The number of hydrogen-bond donors (Lipinski definition) is 0. The molecule has 1 aromatic carbocycles. The van der Waals surface area contributed by atoms with E-state index in [4.69, 9.17) is 4.74 Å². The molecule has 0 aliphatic carbocycles. The highest BCUT2D eigenvalue weighted by Gasteiger charge is 2.20. The van der Waals surface area contributed by atoms with Crippen LogP contribution in [-0.4, -0.2) is 18.4 Å². The monoisotopic (exact) mass is 220 g/mol. The molecular formula is C12H12O4. The Kier molecular flexibility index (Phi) is 3.01. The van der Waals surface area contributed by atoms with Crippen molar-refractivity contribution < 1.29 is 19.1 Å². The number of benzene rings is 1. The molecule has 84 valence electrons. The van der Waals surface area contributed by atoms with E-state index < -0.39 is 11.8 Å². The van der Waals surface area contributed by atoms with Crippen molar-refractivity contribution in [1.29, 1.82) is 0 Å². The van der Waals surface area contributed by atoms with Crippen molar-refractivity contribution in [3.8, 4) is 0 Å². The van der Waals surface area contributed by atoms with Gasteiger partial charge in [0.2, 0.25) is 0 Å². The number of Topliss-reactive ketones (excluding diaryl/α,β-unsaturated/α-hetero) is 1. The minimum absolute atomic E-state index is 0.207. The van der Waals surface area contributed by atoms with Crippen LogP contribution in [0.25, 0.3) is 0 Å². The van der Waals surface area contributed by atoms with E-state index in [-0.39, 0.29) is 6.61 Å². The molecule has 1 aliphatic rings. The van der Waals surface area contributed by atoms with Gasteiger partial charge in [0.05, 0.1) is 19.8 Å². The summed E-state index contributed by atoms with van der Waals surface area (Å²) >= 11 is 0. The number of fused-ring (bicyclic) bond motifs is 1.